The van der Waals surface area contributed by atoms with Crippen molar-refractivity contribution in [3.8, 4) is 0 Å². The van der Waals surface area contributed by atoms with Crippen molar-refractivity contribution in [2.75, 3.05) is 37.6 Å². The molecule has 1 aromatic carbocycles. The number of fused-ring (bicyclic) bond motifs is 2. The first-order chi connectivity index (χ1) is 13.1. The summed E-state index contributed by atoms with van der Waals surface area (Å²) in [4.78, 5) is 17.6. The minimum Gasteiger partial charge on any atom is -0.369 e. The number of anilines is 1. The molecule has 1 aromatic rings. The van der Waals surface area contributed by atoms with Crippen LogP contribution in [0.15, 0.2) is 24.3 Å². The number of amides is 1. The lowest BCUT2D eigenvalue weighted by molar-refractivity contribution is -0.127. The number of piperazine rings is 1. The van der Waals surface area contributed by atoms with Crippen molar-refractivity contribution in [1.82, 2.24) is 10.2 Å². The second kappa shape index (κ2) is 8.22. The predicted octanol–water partition coefficient (Wildman–Crippen LogP) is 3.45. The highest BCUT2D eigenvalue weighted by Gasteiger charge is 2.43. The molecule has 3 fully saturated rings. The Hall–Kier alpha value is -1.55. The Labute approximate surface area is 164 Å². The molecule has 0 radical (unpaired) electrons. The van der Waals surface area contributed by atoms with Crippen molar-refractivity contribution in [3.05, 3.63) is 29.8 Å². The van der Waals surface area contributed by atoms with E-state index >= 15 is 0 Å². The van der Waals surface area contributed by atoms with Crippen LogP contribution in [-0.2, 0) is 4.79 Å². The molecule has 2 aliphatic carbocycles. The molecule has 1 saturated heterocycles. The van der Waals surface area contributed by atoms with Crippen LogP contribution in [0.4, 0.5) is 5.69 Å². The first-order valence-electron chi connectivity index (χ1n) is 10.9. The van der Waals surface area contributed by atoms with E-state index in [1.807, 2.05) is 0 Å². The third kappa shape index (κ3) is 4.48. The van der Waals surface area contributed by atoms with E-state index in [0.29, 0.717) is 17.7 Å². The number of rotatable bonds is 6. The SMILES string of the molecule is Cc1cccc(N2CCN(CC[C@H](C)NC(=O)[C@H]3C[C@H]4CC[C@H]3C4)CC2)c1. The monoisotopic (exact) mass is 369 g/mol. The molecule has 2 bridgehead atoms. The van der Waals surface area contributed by atoms with E-state index in [9.17, 15) is 4.79 Å². The van der Waals surface area contributed by atoms with Gasteiger partial charge in [-0.3, -0.25) is 9.69 Å². The third-order valence-electron chi connectivity index (χ3n) is 7.08. The fourth-order valence-corrected chi connectivity index (χ4v) is 5.42. The average molecular weight is 370 g/mol. The third-order valence-corrected chi connectivity index (χ3v) is 7.08. The molecule has 4 heteroatoms. The second-order valence-electron chi connectivity index (χ2n) is 9.15. The summed E-state index contributed by atoms with van der Waals surface area (Å²) in [6, 6.07) is 9.09. The summed E-state index contributed by atoms with van der Waals surface area (Å²) in [5.41, 5.74) is 2.68. The summed E-state index contributed by atoms with van der Waals surface area (Å²) >= 11 is 0. The van der Waals surface area contributed by atoms with Gasteiger partial charge in [0.1, 0.15) is 0 Å². The number of carbonyl (C=O) groups is 1. The predicted molar refractivity (Wildman–Crippen MR) is 111 cm³/mol. The number of nitrogens with zero attached hydrogens (tertiary/aromatic N) is 2. The van der Waals surface area contributed by atoms with Gasteiger partial charge >= 0.3 is 0 Å². The van der Waals surface area contributed by atoms with E-state index in [1.165, 1.54) is 30.5 Å². The van der Waals surface area contributed by atoms with Gasteiger partial charge < -0.3 is 10.2 Å². The summed E-state index contributed by atoms with van der Waals surface area (Å²) in [5, 5.41) is 3.31. The van der Waals surface area contributed by atoms with E-state index in [1.54, 1.807) is 0 Å². The molecule has 27 heavy (non-hydrogen) atoms. The summed E-state index contributed by atoms with van der Waals surface area (Å²) in [5.74, 6) is 2.16. The first-order valence-corrected chi connectivity index (χ1v) is 10.9. The van der Waals surface area contributed by atoms with Gasteiger partial charge in [-0.1, -0.05) is 18.6 Å². The van der Waals surface area contributed by atoms with Gasteiger partial charge in [-0.15, -0.1) is 0 Å². The quantitative estimate of drug-likeness (QED) is 0.834. The fraction of sp³-hybridized carbons (Fsp3) is 0.696. The maximum Gasteiger partial charge on any atom is 0.223 e. The molecular formula is C23H35N3O. The van der Waals surface area contributed by atoms with Crippen LogP contribution in [-0.4, -0.2) is 49.6 Å². The van der Waals surface area contributed by atoms with E-state index in [4.69, 9.17) is 0 Å². The van der Waals surface area contributed by atoms with Gasteiger partial charge in [0.05, 0.1) is 0 Å². The molecule has 1 aliphatic heterocycles. The van der Waals surface area contributed by atoms with E-state index in [2.05, 4.69) is 53.2 Å². The van der Waals surface area contributed by atoms with Crippen molar-refractivity contribution >= 4 is 11.6 Å². The summed E-state index contributed by atoms with van der Waals surface area (Å²) in [6.45, 7) is 9.83. The van der Waals surface area contributed by atoms with Crippen molar-refractivity contribution in [2.24, 2.45) is 17.8 Å². The van der Waals surface area contributed by atoms with E-state index in [0.717, 1.165) is 51.5 Å². The van der Waals surface area contributed by atoms with Crippen LogP contribution in [0.1, 0.15) is 44.6 Å². The number of aryl methyl sites for hydroxylation is 1. The normalized spacial score (nSPS) is 29.1. The lowest BCUT2D eigenvalue weighted by atomic mass is 9.88. The minimum atomic E-state index is 0.284. The molecule has 3 aliphatic rings. The number of nitrogens with one attached hydrogen (secondary N) is 1. The molecule has 4 nitrogen and oxygen atoms in total. The average Bonchev–Trinajstić information content (AvgIpc) is 3.30. The Bertz CT molecular complexity index is 653. The van der Waals surface area contributed by atoms with Gasteiger partial charge in [0, 0.05) is 50.4 Å². The van der Waals surface area contributed by atoms with Crippen LogP contribution in [0.3, 0.4) is 0 Å². The fourth-order valence-electron chi connectivity index (χ4n) is 5.42. The van der Waals surface area contributed by atoms with Gasteiger partial charge in [-0.2, -0.15) is 0 Å². The standard InChI is InChI=1S/C23H35N3O/c1-17-4-3-5-21(14-17)26-12-10-25(11-13-26)9-8-18(2)24-23(27)22-16-19-6-7-20(22)15-19/h3-5,14,18-20,22H,6-13,15-16H2,1-2H3,(H,24,27)/t18-,19-,20-,22-/m0/s1. The molecule has 148 valence electrons. The lowest BCUT2D eigenvalue weighted by Crippen LogP contribution is -2.48. The van der Waals surface area contributed by atoms with Crippen LogP contribution in [0.2, 0.25) is 0 Å². The number of carbonyl (C=O) groups excluding carboxylic acids is 1. The molecule has 1 heterocycles. The number of benzene rings is 1. The Balaban J connectivity index is 1.17. The maximum atomic E-state index is 12.6. The molecule has 4 rings (SSSR count). The zero-order valence-electron chi connectivity index (χ0n) is 17.0. The van der Waals surface area contributed by atoms with Crippen LogP contribution in [0, 0.1) is 24.7 Å². The van der Waals surface area contributed by atoms with Crippen molar-refractivity contribution in [2.45, 2.75) is 52.0 Å². The Morgan fingerprint density at radius 3 is 2.67 bits per heavy atom. The molecule has 1 amide bonds. The highest BCUT2D eigenvalue weighted by molar-refractivity contribution is 5.79. The second-order valence-corrected chi connectivity index (χ2v) is 9.15. The van der Waals surface area contributed by atoms with Crippen LogP contribution in [0.25, 0.3) is 0 Å². The molecule has 4 atom stereocenters. The van der Waals surface area contributed by atoms with Gasteiger partial charge in [0.15, 0.2) is 0 Å². The first kappa shape index (κ1) is 18.8. The summed E-state index contributed by atoms with van der Waals surface area (Å²) < 4.78 is 0. The van der Waals surface area contributed by atoms with Crippen molar-refractivity contribution in [3.63, 3.8) is 0 Å². The highest BCUT2D eigenvalue weighted by atomic mass is 16.2. The molecule has 2 saturated carbocycles. The Kier molecular flexibility index (Phi) is 5.72. The van der Waals surface area contributed by atoms with Gasteiger partial charge in [-0.25, -0.2) is 0 Å². The summed E-state index contributed by atoms with van der Waals surface area (Å²) in [6.07, 6.45) is 6.14. The van der Waals surface area contributed by atoms with Crippen LogP contribution in [0.5, 0.6) is 0 Å². The van der Waals surface area contributed by atoms with E-state index in [-0.39, 0.29) is 6.04 Å². The topological polar surface area (TPSA) is 35.6 Å². The van der Waals surface area contributed by atoms with Crippen molar-refractivity contribution in [1.29, 1.82) is 0 Å². The largest absolute Gasteiger partial charge is 0.369 e. The van der Waals surface area contributed by atoms with Gasteiger partial charge in [0.2, 0.25) is 5.91 Å². The zero-order valence-corrected chi connectivity index (χ0v) is 17.0. The highest BCUT2D eigenvalue weighted by Crippen LogP contribution is 2.48. The maximum absolute atomic E-state index is 12.6. The Morgan fingerprint density at radius 2 is 2.00 bits per heavy atom. The smallest absolute Gasteiger partial charge is 0.223 e. The Morgan fingerprint density at radius 1 is 1.19 bits per heavy atom. The van der Waals surface area contributed by atoms with Crippen LogP contribution < -0.4 is 10.2 Å². The molecular weight excluding hydrogens is 334 g/mol. The van der Waals surface area contributed by atoms with Gasteiger partial charge in [-0.05, 0) is 69.1 Å². The molecule has 0 unspecified atom stereocenters. The van der Waals surface area contributed by atoms with E-state index < -0.39 is 0 Å². The lowest BCUT2D eigenvalue weighted by Gasteiger charge is -2.36. The molecule has 0 spiro atoms. The molecule has 0 aromatic heterocycles. The van der Waals surface area contributed by atoms with Crippen molar-refractivity contribution < 1.29 is 4.79 Å². The molecule has 1 N–H and O–H groups in total. The minimum absolute atomic E-state index is 0.284. The van der Waals surface area contributed by atoms with Gasteiger partial charge in [0.25, 0.3) is 0 Å². The zero-order chi connectivity index (χ0) is 18.8. The summed E-state index contributed by atoms with van der Waals surface area (Å²) in [7, 11) is 0. The number of hydrogen-bond acceptors (Lipinski definition) is 3. The number of hydrogen-bond donors (Lipinski definition) is 1. The van der Waals surface area contributed by atoms with Crippen LogP contribution >= 0.6 is 0 Å².